The summed E-state index contributed by atoms with van der Waals surface area (Å²) in [4.78, 5) is 29.6. The molecular formula is C26H34FN3O3. The molecule has 1 aliphatic heterocycles. The number of benzene rings is 2. The van der Waals surface area contributed by atoms with Gasteiger partial charge in [-0.05, 0) is 56.3 Å². The number of hydrogen-bond acceptors (Lipinski definition) is 4. The minimum atomic E-state index is -0.375. The highest BCUT2D eigenvalue weighted by Crippen LogP contribution is 2.21. The van der Waals surface area contributed by atoms with Crippen molar-refractivity contribution in [3.63, 3.8) is 0 Å². The molecule has 0 bridgehead atoms. The summed E-state index contributed by atoms with van der Waals surface area (Å²) in [7, 11) is 0. The van der Waals surface area contributed by atoms with E-state index in [2.05, 4.69) is 24.1 Å². The predicted molar refractivity (Wildman–Crippen MR) is 127 cm³/mol. The fourth-order valence-electron chi connectivity index (χ4n) is 4.09. The number of piperidine rings is 1. The summed E-state index contributed by atoms with van der Waals surface area (Å²) in [6, 6.07) is 13.3. The van der Waals surface area contributed by atoms with E-state index in [4.69, 9.17) is 4.74 Å². The maximum atomic E-state index is 13.2. The number of halogens is 1. The Labute approximate surface area is 195 Å². The Hall–Kier alpha value is -2.93. The fraction of sp³-hybridized carbons (Fsp3) is 0.462. The van der Waals surface area contributed by atoms with Crippen LogP contribution in [0.1, 0.15) is 42.6 Å². The first-order valence-corrected chi connectivity index (χ1v) is 11.8. The van der Waals surface area contributed by atoms with E-state index in [1.807, 2.05) is 24.3 Å². The van der Waals surface area contributed by atoms with Gasteiger partial charge in [-0.15, -0.1) is 0 Å². The van der Waals surface area contributed by atoms with Gasteiger partial charge in [0, 0.05) is 37.3 Å². The van der Waals surface area contributed by atoms with E-state index in [-0.39, 0.29) is 23.5 Å². The van der Waals surface area contributed by atoms with E-state index in [0.717, 1.165) is 43.8 Å². The summed E-state index contributed by atoms with van der Waals surface area (Å²) in [5.41, 5.74) is 1.37. The van der Waals surface area contributed by atoms with Crippen LogP contribution in [0.3, 0.4) is 0 Å². The van der Waals surface area contributed by atoms with Gasteiger partial charge in [-0.1, -0.05) is 32.0 Å². The van der Waals surface area contributed by atoms with Crippen molar-refractivity contribution in [2.24, 2.45) is 5.92 Å². The molecule has 7 heteroatoms. The Morgan fingerprint density at radius 1 is 1.12 bits per heavy atom. The summed E-state index contributed by atoms with van der Waals surface area (Å²) < 4.78 is 19.1. The highest BCUT2D eigenvalue weighted by molar-refractivity contribution is 5.94. The Bertz CT molecular complexity index is 915. The molecule has 2 aromatic carbocycles. The molecule has 1 aliphatic rings. The number of amides is 2. The van der Waals surface area contributed by atoms with Crippen molar-refractivity contribution in [2.45, 2.75) is 33.2 Å². The first-order chi connectivity index (χ1) is 16.0. The van der Waals surface area contributed by atoms with Gasteiger partial charge in [0.15, 0.2) is 0 Å². The van der Waals surface area contributed by atoms with Crippen LogP contribution in [0, 0.1) is 11.7 Å². The van der Waals surface area contributed by atoms with Gasteiger partial charge in [0.1, 0.15) is 18.2 Å². The van der Waals surface area contributed by atoms with E-state index in [1.165, 1.54) is 24.3 Å². The second kappa shape index (κ2) is 12.3. The predicted octanol–water partition coefficient (Wildman–Crippen LogP) is 3.71. The molecule has 178 valence electrons. The molecular weight excluding hydrogens is 421 g/mol. The molecule has 1 unspecified atom stereocenters. The van der Waals surface area contributed by atoms with Crippen LogP contribution in [0.4, 0.5) is 4.39 Å². The number of likely N-dealkylation sites (N-methyl/N-ethyl adjacent to an activating group) is 1. The van der Waals surface area contributed by atoms with Gasteiger partial charge in [0.05, 0.1) is 5.92 Å². The molecule has 2 amide bonds. The average Bonchev–Trinajstić information content (AvgIpc) is 2.86. The molecule has 0 saturated carbocycles. The minimum Gasteiger partial charge on any atom is -0.492 e. The number of carbonyl (C=O) groups excluding carboxylic acids is 2. The number of nitrogens with one attached hydrogen (secondary N) is 1. The molecule has 1 fully saturated rings. The minimum absolute atomic E-state index is 0.0652. The highest BCUT2D eigenvalue weighted by atomic mass is 19.1. The van der Waals surface area contributed by atoms with Crippen LogP contribution in [0.5, 0.6) is 5.75 Å². The third kappa shape index (κ3) is 7.02. The van der Waals surface area contributed by atoms with E-state index in [1.54, 1.807) is 4.90 Å². The van der Waals surface area contributed by atoms with Gasteiger partial charge in [0.2, 0.25) is 5.91 Å². The van der Waals surface area contributed by atoms with Crippen molar-refractivity contribution in [3.8, 4) is 5.75 Å². The molecule has 2 aromatic rings. The lowest BCUT2D eigenvalue weighted by molar-refractivity contribution is -0.126. The lowest BCUT2D eigenvalue weighted by Gasteiger charge is -2.32. The quantitative estimate of drug-likeness (QED) is 0.593. The van der Waals surface area contributed by atoms with Gasteiger partial charge in [-0.3, -0.25) is 9.59 Å². The normalized spacial score (nSPS) is 16.0. The zero-order chi connectivity index (χ0) is 23.6. The van der Waals surface area contributed by atoms with Crippen molar-refractivity contribution in [1.82, 2.24) is 15.1 Å². The Morgan fingerprint density at radius 2 is 1.85 bits per heavy atom. The molecule has 33 heavy (non-hydrogen) atoms. The largest absolute Gasteiger partial charge is 0.492 e. The lowest BCUT2D eigenvalue weighted by Crippen LogP contribution is -2.45. The Morgan fingerprint density at radius 3 is 2.58 bits per heavy atom. The standard InChI is InChI=1S/C26H34FN3O3/c1-3-29(4-2)16-17-33-24-10-6-5-8-21(24)18-28-25(31)22-9-7-15-30(19-22)26(32)20-11-13-23(27)14-12-20/h5-6,8,10-14,22H,3-4,7,9,15-19H2,1-2H3,(H,28,31). The van der Waals surface area contributed by atoms with Crippen LogP contribution in [-0.4, -0.2) is 60.9 Å². The first kappa shape index (κ1) is 24.7. The Kier molecular flexibility index (Phi) is 9.24. The number of nitrogens with zero attached hydrogens (tertiary/aromatic N) is 2. The zero-order valence-electron chi connectivity index (χ0n) is 19.6. The maximum absolute atomic E-state index is 13.2. The molecule has 0 spiro atoms. The second-order valence-corrected chi connectivity index (χ2v) is 8.30. The van der Waals surface area contributed by atoms with Crippen molar-refractivity contribution < 1.29 is 18.7 Å². The van der Waals surface area contributed by atoms with E-state index < -0.39 is 0 Å². The van der Waals surface area contributed by atoms with Gasteiger partial charge in [-0.2, -0.15) is 0 Å². The summed E-state index contributed by atoms with van der Waals surface area (Å²) in [6.45, 7) is 9.03. The van der Waals surface area contributed by atoms with Crippen LogP contribution in [0.15, 0.2) is 48.5 Å². The molecule has 0 aliphatic carbocycles. The average molecular weight is 456 g/mol. The Balaban J connectivity index is 1.53. The van der Waals surface area contributed by atoms with Crippen molar-refractivity contribution >= 4 is 11.8 Å². The third-order valence-corrected chi connectivity index (χ3v) is 6.16. The lowest BCUT2D eigenvalue weighted by atomic mass is 9.96. The number of rotatable bonds is 10. The van der Waals surface area contributed by atoms with Gasteiger partial charge in [-0.25, -0.2) is 4.39 Å². The number of carbonyl (C=O) groups is 2. The zero-order valence-corrected chi connectivity index (χ0v) is 19.6. The number of likely N-dealkylation sites (tertiary alicyclic amines) is 1. The first-order valence-electron chi connectivity index (χ1n) is 11.8. The summed E-state index contributed by atoms with van der Waals surface area (Å²) in [6.07, 6.45) is 1.50. The highest BCUT2D eigenvalue weighted by Gasteiger charge is 2.29. The smallest absolute Gasteiger partial charge is 0.253 e. The van der Waals surface area contributed by atoms with Gasteiger partial charge < -0.3 is 19.9 Å². The van der Waals surface area contributed by atoms with Crippen molar-refractivity contribution in [1.29, 1.82) is 0 Å². The summed E-state index contributed by atoms with van der Waals surface area (Å²) >= 11 is 0. The maximum Gasteiger partial charge on any atom is 0.253 e. The van der Waals surface area contributed by atoms with Crippen molar-refractivity contribution in [2.75, 3.05) is 39.3 Å². The summed E-state index contributed by atoms with van der Waals surface area (Å²) in [5, 5.41) is 3.02. The topological polar surface area (TPSA) is 61.9 Å². The molecule has 1 saturated heterocycles. The molecule has 0 radical (unpaired) electrons. The number of ether oxygens (including phenoxy) is 1. The summed E-state index contributed by atoms with van der Waals surface area (Å²) in [5.74, 6) is -0.0932. The van der Waals surface area contributed by atoms with Gasteiger partial charge >= 0.3 is 0 Å². The molecule has 1 atom stereocenters. The number of hydrogen-bond donors (Lipinski definition) is 1. The monoisotopic (exact) mass is 455 g/mol. The fourth-order valence-corrected chi connectivity index (χ4v) is 4.09. The third-order valence-electron chi connectivity index (χ3n) is 6.16. The molecule has 1 N–H and O–H groups in total. The molecule has 1 heterocycles. The van der Waals surface area contributed by atoms with E-state index in [0.29, 0.717) is 31.8 Å². The SMILES string of the molecule is CCN(CC)CCOc1ccccc1CNC(=O)C1CCCN(C(=O)c2ccc(F)cc2)C1. The van der Waals surface area contributed by atoms with Crippen LogP contribution < -0.4 is 10.1 Å². The second-order valence-electron chi connectivity index (χ2n) is 8.30. The molecule has 0 aromatic heterocycles. The number of para-hydroxylation sites is 1. The van der Waals surface area contributed by atoms with Crippen LogP contribution in [0.25, 0.3) is 0 Å². The molecule has 3 rings (SSSR count). The van der Waals surface area contributed by atoms with E-state index in [9.17, 15) is 14.0 Å². The molecule has 6 nitrogen and oxygen atoms in total. The van der Waals surface area contributed by atoms with Gasteiger partial charge in [0.25, 0.3) is 5.91 Å². The van der Waals surface area contributed by atoms with Crippen LogP contribution >= 0.6 is 0 Å². The van der Waals surface area contributed by atoms with E-state index >= 15 is 0 Å². The van der Waals surface area contributed by atoms with Crippen molar-refractivity contribution in [3.05, 3.63) is 65.5 Å². The van der Waals surface area contributed by atoms with Crippen LogP contribution in [-0.2, 0) is 11.3 Å². The van der Waals surface area contributed by atoms with Crippen LogP contribution in [0.2, 0.25) is 0 Å².